The predicted octanol–water partition coefficient (Wildman–Crippen LogP) is 3.52. The highest BCUT2D eigenvalue weighted by Crippen LogP contribution is 2.29. The molecule has 2 fully saturated rings. The molecular weight excluding hydrogens is 276 g/mol. The third kappa shape index (κ3) is 4.48. The lowest BCUT2D eigenvalue weighted by molar-refractivity contribution is 0.184. The summed E-state index contributed by atoms with van der Waals surface area (Å²) in [5.41, 5.74) is 1.45. The first-order chi connectivity index (χ1) is 10.3. The lowest BCUT2D eigenvalue weighted by atomic mass is 10.0. The molecule has 0 aromatic heterocycles. The van der Waals surface area contributed by atoms with E-state index in [1.165, 1.54) is 50.8 Å². The highest BCUT2D eigenvalue weighted by atomic mass is 32.2. The van der Waals surface area contributed by atoms with Crippen LogP contribution in [0.1, 0.15) is 37.7 Å². The van der Waals surface area contributed by atoms with Crippen LogP contribution in [0.4, 0.5) is 0 Å². The van der Waals surface area contributed by atoms with Gasteiger partial charge in [0.25, 0.3) is 0 Å². The van der Waals surface area contributed by atoms with E-state index in [0.29, 0.717) is 0 Å². The molecule has 0 radical (unpaired) electrons. The summed E-state index contributed by atoms with van der Waals surface area (Å²) in [6.07, 6.45) is 9.06. The highest BCUT2D eigenvalue weighted by molar-refractivity contribution is 7.99. The zero-order chi connectivity index (χ0) is 14.5. The molecule has 3 rings (SSSR count). The zero-order valence-corrected chi connectivity index (χ0v) is 13.9. The molecule has 1 N–H and O–H groups in total. The summed E-state index contributed by atoms with van der Waals surface area (Å²) in [7, 11) is 0. The van der Waals surface area contributed by atoms with Crippen LogP contribution < -0.4 is 5.32 Å². The van der Waals surface area contributed by atoms with E-state index >= 15 is 0 Å². The number of hydrogen-bond acceptors (Lipinski definition) is 3. The maximum absolute atomic E-state index is 3.93. The van der Waals surface area contributed by atoms with Gasteiger partial charge in [0.2, 0.25) is 0 Å². The Hall–Kier alpha value is -0.510. The second kappa shape index (κ2) is 7.66. The Kier molecular flexibility index (Phi) is 5.61. The first kappa shape index (κ1) is 15.4. The maximum Gasteiger partial charge on any atom is 0.0233 e. The van der Waals surface area contributed by atoms with Crippen LogP contribution in [0, 0.1) is 0 Å². The van der Waals surface area contributed by atoms with Crippen molar-refractivity contribution in [2.24, 2.45) is 0 Å². The van der Waals surface area contributed by atoms with E-state index < -0.39 is 0 Å². The van der Waals surface area contributed by atoms with Gasteiger partial charge in [0.1, 0.15) is 0 Å². The molecule has 1 aromatic rings. The number of thioether (sulfide) groups is 1. The van der Waals surface area contributed by atoms with E-state index in [-0.39, 0.29) is 0 Å². The number of likely N-dealkylation sites (tertiary alicyclic amines) is 1. The van der Waals surface area contributed by atoms with Gasteiger partial charge in [-0.05, 0) is 57.0 Å². The van der Waals surface area contributed by atoms with Gasteiger partial charge < -0.3 is 5.32 Å². The summed E-state index contributed by atoms with van der Waals surface area (Å²) >= 11 is 2.05. The predicted molar refractivity (Wildman–Crippen MR) is 92.8 cm³/mol. The average Bonchev–Trinajstić information content (AvgIpc) is 2.98. The number of hydrogen-bond donors (Lipinski definition) is 1. The van der Waals surface area contributed by atoms with Crippen molar-refractivity contribution in [1.29, 1.82) is 0 Å². The summed E-state index contributed by atoms with van der Waals surface area (Å²) in [4.78, 5) is 2.60. The molecular formula is C18H28N2S. The molecule has 2 atom stereocenters. The average molecular weight is 305 g/mol. The van der Waals surface area contributed by atoms with Gasteiger partial charge >= 0.3 is 0 Å². The molecule has 1 saturated heterocycles. The van der Waals surface area contributed by atoms with Crippen LogP contribution in [0.15, 0.2) is 30.3 Å². The van der Waals surface area contributed by atoms with Gasteiger partial charge in [-0.1, -0.05) is 30.3 Å². The minimum Gasteiger partial charge on any atom is -0.311 e. The van der Waals surface area contributed by atoms with Crippen LogP contribution >= 0.6 is 11.8 Å². The van der Waals surface area contributed by atoms with Gasteiger partial charge in [-0.3, -0.25) is 4.90 Å². The number of nitrogens with zero attached hydrogens (tertiary/aromatic N) is 1. The van der Waals surface area contributed by atoms with Crippen LogP contribution in [0.5, 0.6) is 0 Å². The van der Waals surface area contributed by atoms with Crippen LogP contribution in [0.2, 0.25) is 0 Å². The summed E-state index contributed by atoms with van der Waals surface area (Å²) in [6.45, 7) is 3.60. The molecule has 0 amide bonds. The topological polar surface area (TPSA) is 15.3 Å². The molecule has 116 valence electrons. The first-order valence-electron chi connectivity index (χ1n) is 8.38. The Labute approximate surface area is 133 Å². The van der Waals surface area contributed by atoms with Gasteiger partial charge in [-0.15, -0.1) is 0 Å². The second-order valence-electron chi connectivity index (χ2n) is 6.57. The minimum atomic E-state index is 0.752. The van der Waals surface area contributed by atoms with Crippen molar-refractivity contribution in [1.82, 2.24) is 10.2 Å². The molecule has 3 heteroatoms. The van der Waals surface area contributed by atoms with Gasteiger partial charge in [-0.2, -0.15) is 11.8 Å². The molecule has 0 unspecified atom stereocenters. The van der Waals surface area contributed by atoms with E-state index in [4.69, 9.17) is 0 Å². The van der Waals surface area contributed by atoms with Crippen molar-refractivity contribution in [2.45, 2.75) is 56.0 Å². The quantitative estimate of drug-likeness (QED) is 0.896. The van der Waals surface area contributed by atoms with E-state index in [2.05, 4.69) is 58.6 Å². The SMILES string of the molecule is CS[C@H]1CC[C@@H](NC2CCN(Cc3ccccc3)CC2)C1. The smallest absolute Gasteiger partial charge is 0.0233 e. The molecule has 0 spiro atoms. The van der Waals surface area contributed by atoms with Gasteiger partial charge in [0, 0.05) is 23.9 Å². The number of piperidine rings is 1. The molecule has 0 bridgehead atoms. The summed E-state index contributed by atoms with van der Waals surface area (Å²) in [5.74, 6) is 0. The van der Waals surface area contributed by atoms with Gasteiger partial charge in [-0.25, -0.2) is 0 Å². The fourth-order valence-electron chi connectivity index (χ4n) is 3.74. The minimum absolute atomic E-state index is 0.752. The lowest BCUT2D eigenvalue weighted by Gasteiger charge is -2.34. The van der Waals surface area contributed by atoms with Crippen molar-refractivity contribution in [3.05, 3.63) is 35.9 Å². The van der Waals surface area contributed by atoms with Crippen molar-refractivity contribution < 1.29 is 0 Å². The van der Waals surface area contributed by atoms with E-state index in [1.54, 1.807) is 0 Å². The molecule has 1 aliphatic carbocycles. The van der Waals surface area contributed by atoms with Crippen molar-refractivity contribution in [2.75, 3.05) is 19.3 Å². The molecule has 2 aliphatic rings. The number of benzene rings is 1. The molecule has 2 nitrogen and oxygen atoms in total. The number of nitrogens with one attached hydrogen (secondary N) is 1. The Morgan fingerprint density at radius 3 is 2.48 bits per heavy atom. The van der Waals surface area contributed by atoms with E-state index in [1.807, 2.05) is 0 Å². The lowest BCUT2D eigenvalue weighted by Crippen LogP contribution is -2.45. The third-order valence-corrected chi connectivity index (χ3v) is 6.12. The molecule has 1 aromatic carbocycles. The third-order valence-electron chi connectivity index (χ3n) is 5.03. The second-order valence-corrected chi connectivity index (χ2v) is 7.71. The van der Waals surface area contributed by atoms with E-state index in [9.17, 15) is 0 Å². The first-order valence-corrected chi connectivity index (χ1v) is 9.67. The summed E-state index contributed by atoms with van der Waals surface area (Å²) < 4.78 is 0. The Bertz CT molecular complexity index is 414. The molecule has 21 heavy (non-hydrogen) atoms. The highest BCUT2D eigenvalue weighted by Gasteiger charge is 2.27. The zero-order valence-electron chi connectivity index (χ0n) is 13.1. The number of rotatable bonds is 5. The fourth-order valence-corrected chi connectivity index (χ4v) is 4.53. The molecule has 1 saturated carbocycles. The van der Waals surface area contributed by atoms with Crippen molar-refractivity contribution in [3.63, 3.8) is 0 Å². The maximum atomic E-state index is 3.93. The normalized spacial score (nSPS) is 28.0. The standard InChI is InChI=1S/C18H28N2S/c1-21-18-8-7-17(13-18)19-16-9-11-20(12-10-16)14-15-5-3-2-4-6-15/h2-6,16-19H,7-14H2,1H3/t17-,18+/m1/s1. The summed E-state index contributed by atoms with van der Waals surface area (Å²) in [6, 6.07) is 12.4. The Morgan fingerprint density at radius 2 is 1.81 bits per heavy atom. The fraction of sp³-hybridized carbons (Fsp3) is 0.667. The monoisotopic (exact) mass is 304 g/mol. The van der Waals surface area contributed by atoms with Crippen molar-refractivity contribution >= 4 is 11.8 Å². The van der Waals surface area contributed by atoms with Crippen LogP contribution in [-0.4, -0.2) is 41.6 Å². The molecule has 1 aliphatic heterocycles. The van der Waals surface area contributed by atoms with Crippen molar-refractivity contribution in [3.8, 4) is 0 Å². The molecule has 1 heterocycles. The largest absolute Gasteiger partial charge is 0.311 e. The Morgan fingerprint density at radius 1 is 1.05 bits per heavy atom. The van der Waals surface area contributed by atoms with Crippen LogP contribution in [-0.2, 0) is 6.54 Å². The Balaban J connectivity index is 1.39. The van der Waals surface area contributed by atoms with Gasteiger partial charge in [0.05, 0.1) is 0 Å². The van der Waals surface area contributed by atoms with Crippen LogP contribution in [0.3, 0.4) is 0 Å². The van der Waals surface area contributed by atoms with E-state index in [0.717, 1.165) is 23.9 Å². The summed E-state index contributed by atoms with van der Waals surface area (Å²) in [5, 5.41) is 4.83. The van der Waals surface area contributed by atoms with Crippen LogP contribution in [0.25, 0.3) is 0 Å². The van der Waals surface area contributed by atoms with Gasteiger partial charge in [0.15, 0.2) is 0 Å².